The molecular weight excluding hydrogens is 470 g/mol. The largest absolute Gasteiger partial charge is 0.493 e. The molecule has 36 heavy (non-hydrogen) atoms. The minimum atomic E-state index is -0.223. The van der Waals surface area contributed by atoms with Crippen molar-refractivity contribution in [2.75, 3.05) is 20.8 Å². The topological polar surface area (TPSA) is 55.8 Å². The quantitative estimate of drug-likeness (QED) is 0.237. The van der Waals surface area contributed by atoms with Gasteiger partial charge in [0, 0.05) is 17.7 Å². The van der Waals surface area contributed by atoms with E-state index in [0.717, 1.165) is 41.0 Å². The van der Waals surface area contributed by atoms with E-state index in [-0.39, 0.29) is 11.8 Å². The summed E-state index contributed by atoms with van der Waals surface area (Å²) in [6, 6.07) is 14.6. The van der Waals surface area contributed by atoms with Crippen molar-refractivity contribution in [3.05, 3.63) is 80.5 Å². The SMILES string of the molecule is CCCCCCN1C(=O)c2ccc(C#Cc3ccc(C#Cc4ccc(OC)c(OC)c4)s3)cc2C1=O. The van der Waals surface area contributed by atoms with Gasteiger partial charge < -0.3 is 9.47 Å². The zero-order valence-corrected chi connectivity index (χ0v) is 21.5. The summed E-state index contributed by atoms with van der Waals surface area (Å²) in [7, 11) is 3.19. The van der Waals surface area contributed by atoms with Gasteiger partial charge in [-0.15, -0.1) is 11.3 Å². The molecule has 6 heteroatoms. The second-order valence-corrected chi connectivity index (χ2v) is 9.40. The summed E-state index contributed by atoms with van der Waals surface area (Å²) in [4.78, 5) is 28.6. The molecular formula is C30H27NO4S. The Morgan fingerprint density at radius 3 is 2.03 bits per heavy atom. The maximum atomic E-state index is 12.8. The number of carbonyl (C=O) groups excluding carboxylic acids is 2. The van der Waals surface area contributed by atoms with E-state index >= 15 is 0 Å². The number of thiophene rings is 1. The Labute approximate surface area is 216 Å². The summed E-state index contributed by atoms with van der Waals surface area (Å²) >= 11 is 1.50. The number of rotatable bonds is 7. The first-order chi connectivity index (χ1) is 17.5. The lowest BCUT2D eigenvalue weighted by Gasteiger charge is -2.13. The first-order valence-electron chi connectivity index (χ1n) is 11.9. The molecule has 0 atom stereocenters. The molecule has 182 valence electrons. The molecule has 1 aliphatic rings. The van der Waals surface area contributed by atoms with Crippen LogP contribution < -0.4 is 9.47 Å². The van der Waals surface area contributed by atoms with Gasteiger partial charge in [0.05, 0.1) is 35.1 Å². The minimum absolute atomic E-state index is 0.207. The molecule has 1 aromatic heterocycles. The standard InChI is InChI=1S/C30H27NO4S/c1-4-5-6-7-18-31-29(32)25-16-10-21(19-26(25)30(31)33)8-12-23-14-15-24(36-23)13-9-22-11-17-27(34-2)28(20-22)35-3/h10-11,14-17,19-20H,4-7,18H2,1-3H3. The van der Waals surface area contributed by atoms with Gasteiger partial charge in [0.25, 0.3) is 11.8 Å². The van der Waals surface area contributed by atoms with Gasteiger partial charge >= 0.3 is 0 Å². The molecule has 0 fully saturated rings. The highest BCUT2D eigenvalue weighted by Gasteiger charge is 2.34. The fourth-order valence-electron chi connectivity index (χ4n) is 3.92. The second-order valence-electron chi connectivity index (χ2n) is 8.32. The van der Waals surface area contributed by atoms with E-state index in [1.54, 1.807) is 32.4 Å². The Morgan fingerprint density at radius 2 is 1.36 bits per heavy atom. The van der Waals surface area contributed by atoms with Gasteiger partial charge in [-0.1, -0.05) is 49.9 Å². The molecule has 4 rings (SSSR count). The third kappa shape index (κ3) is 5.62. The highest BCUT2D eigenvalue weighted by molar-refractivity contribution is 7.13. The van der Waals surface area contributed by atoms with Gasteiger partial charge in [0.15, 0.2) is 11.5 Å². The van der Waals surface area contributed by atoms with Crippen LogP contribution in [0.1, 0.15) is 74.2 Å². The predicted octanol–water partition coefficient (Wildman–Crippen LogP) is 5.74. The Morgan fingerprint density at radius 1 is 0.722 bits per heavy atom. The smallest absolute Gasteiger partial charge is 0.261 e. The number of carbonyl (C=O) groups is 2. The molecule has 2 aromatic carbocycles. The lowest BCUT2D eigenvalue weighted by Crippen LogP contribution is -2.30. The summed E-state index contributed by atoms with van der Waals surface area (Å²) in [5.41, 5.74) is 2.43. The van der Waals surface area contributed by atoms with Crippen LogP contribution in [-0.4, -0.2) is 37.5 Å². The average Bonchev–Trinajstić information content (AvgIpc) is 3.46. The van der Waals surface area contributed by atoms with Crippen molar-refractivity contribution in [1.29, 1.82) is 0 Å². The Kier molecular flexibility index (Phi) is 8.10. The van der Waals surface area contributed by atoms with Crippen molar-refractivity contribution in [3.63, 3.8) is 0 Å². The first kappa shape index (κ1) is 25.1. The highest BCUT2D eigenvalue weighted by atomic mass is 32.1. The minimum Gasteiger partial charge on any atom is -0.493 e. The van der Waals surface area contributed by atoms with E-state index in [1.165, 1.54) is 16.2 Å². The maximum absolute atomic E-state index is 12.8. The van der Waals surface area contributed by atoms with E-state index < -0.39 is 0 Å². The predicted molar refractivity (Wildman–Crippen MR) is 142 cm³/mol. The zero-order chi connectivity index (χ0) is 25.5. The van der Waals surface area contributed by atoms with E-state index in [1.807, 2.05) is 30.3 Å². The van der Waals surface area contributed by atoms with E-state index in [2.05, 4.69) is 30.6 Å². The molecule has 0 bridgehead atoms. The molecule has 5 nitrogen and oxygen atoms in total. The molecule has 3 aromatic rings. The third-order valence-electron chi connectivity index (χ3n) is 5.86. The van der Waals surface area contributed by atoms with Crippen LogP contribution in [0.3, 0.4) is 0 Å². The molecule has 2 heterocycles. The summed E-state index contributed by atoms with van der Waals surface area (Å²) in [5.74, 6) is 13.4. The van der Waals surface area contributed by atoms with Crippen molar-refractivity contribution in [3.8, 4) is 35.2 Å². The van der Waals surface area contributed by atoms with Crippen LogP contribution in [0.15, 0.2) is 48.5 Å². The fraction of sp³-hybridized carbons (Fsp3) is 0.267. The van der Waals surface area contributed by atoms with Gasteiger partial charge in [-0.3, -0.25) is 14.5 Å². The number of nitrogens with zero attached hydrogens (tertiary/aromatic N) is 1. The van der Waals surface area contributed by atoms with Crippen molar-refractivity contribution in [2.45, 2.75) is 32.6 Å². The van der Waals surface area contributed by atoms with Crippen LogP contribution in [0.5, 0.6) is 11.5 Å². The number of benzene rings is 2. The van der Waals surface area contributed by atoms with Crippen LogP contribution in [-0.2, 0) is 0 Å². The van der Waals surface area contributed by atoms with Crippen LogP contribution in [0.2, 0.25) is 0 Å². The van der Waals surface area contributed by atoms with Gasteiger partial charge in [0.2, 0.25) is 0 Å². The van der Waals surface area contributed by atoms with E-state index in [4.69, 9.17) is 9.47 Å². The van der Waals surface area contributed by atoms with Gasteiger partial charge in [-0.05, 0) is 55.0 Å². The second kappa shape index (κ2) is 11.6. The van der Waals surface area contributed by atoms with Crippen LogP contribution in [0.4, 0.5) is 0 Å². The summed E-state index contributed by atoms with van der Waals surface area (Å²) in [6.45, 7) is 2.60. The molecule has 0 unspecified atom stereocenters. The van der Waals surface area contributed by atoms with Gasteiger partial charge in [0.1, 0.15) is 0 Å². The van der Waals surface area contributed by atoms with Crippen molar-refractivity contribution < 1.29 is 19.1 Å². The van der Waals surface area contributed by atoms with Crippen LogP contribution in [0.25, 0.3) is 0 Å². The average molecular weight is 498 g/mol. The monoisotopic (exact) mass is 497 g/mol. The Hall–Kier alpha value is -4.00. The summed E-state index contributed by atoms with van der Waals surface area (Å²) in [5, 5.41) is 0. The van der Waals surface area contributed by atoms with E-state index in [9.17, 15) is 9.59 Å². The number of methoxy groups -OCH3 is 2. The van der Waals surface area contributed by atoms with Crippen LogP contribution in [0, 0.1) is 23.7 Å². The Balaban J connectivity index is 1.45. The molecule has 0 N–H and O–H groups in total. The highest BCUT2D eigenvalue weighted by Crippen LogP contribution is 2.27. The maximum Gasteiger partial charge on any atom is 0.261 e. The lowest BCUT2D eigenvalue weighted by molar-refractivity contribution is 0.0651. The molecule has 1 aliphatic heterocycles. The first-order valence-corrected chi connectivity index (χ1v) is 12.7. The lowest BCUT2D eigenvalue weighted by atomic mass is 10.1. The third-order valence-corrected chi connectivity index (χ3v) is 6.77. The molecule has 0 aliphatic carbocycles. The summed E-state index contributed by atoms with van der Waals surface area (Å²) < 4.78 is 10.6. The number of fused-ring (bicyclic) bond motifs is 1. The number of hydrogen-bond donors (Lipinski definition) is 0. The van der Waals surface area contributed by atoms with Crippen molar-refractivity contribution >= 4 is 23.2 Å². The zero-order valence-electron chi connectivity index (χ0n) is 20.6. The molecule has 2 amide bonds. The van der Waals surface area contributed by atoms with Crippen LogP contribution >= 0.6 is 11.3 Å². The van der Waals surface area contributed by atoms with Crippen molar-refractivity contribution in [1.82, 2.24) is 4.90 Å². The molecule has 0 saturated carbocycles. The van der Waals surface area contributed by atoms with Gasteiger partial charge in [-0.25, -0.2) is 0 Å². The van der Waals surface area contributed by atoms with E-state index in [0.29, 0.717) is 34.7 Å². The molecule has 0 saturated heterocycles. The molecule has 0 spiro atoms. The molecule has 0 radical (unpaired) electrons. The number of ether oxygens (including phenoxy) is 2. The normalized spacial score (nSPS) is 11.9. The number of unbranched alkanes of at least 4 members (excludes halogenated alkanes) is 3. The Bertz CT molecular complexity index is 1410. The van der Waals surface area contributed by atoms with Gasteiger partial charge in [-0.2, -0.15) is 0 Å². The number of imide groups is 1. The van der Waals surface area contributed by atoms with Crippen molar-refractivity contribution in [2.24, 2.45) is 0 Å². The number of amides is 2. The fourth-order valence-corrected chi connectivity index (χ4v) is 4.64. The number of hydrogen-bond acceptors (Lipinski definition) is 5. The summed E-state index contributed by atoms with van der Waals surface area (Å²) in [6.07, 6.45) is 4.07.